The third-order valence-electron chi connectivity index (χ3n) is 3.82. The monoisotopic (exact) mass is 241 g/mol. The van der Waals surface area contributed by atoms with Gasteiger partial charge in [-0.1, -0.05) is 41.0 Å². The van der Waals surface area contributed by atoms with Crippen LogP contribution in [-0.2, 0) is 0 Å². The van der Waals surface area contributed by atoms with Gasteiger partial charge >= 0.3 is 0 Å². The molecule has 0 aromatic heterocycles. The van der Waals surface area contributed by atoms with Crippen LogP contribution in [0.15, 0.2) is 0 Å². The maximum atomic E-state index is 9.78. The largest absolute Gasteiger partial charge is 0.392 e. The molecule has 2 heteroatoms. The minimum Gasteiger partial charge on any atom is -0.392 e. The molecule has 0 aromatic rings. The molecule has 1 rings (SSSR count). The fourth-order valence-corrected chi connectivity index (χ4v) is 3.73. The minimum atomic E-state index is -0.173. The molecule has 0 bridgehead atoms. The van der Waals surface area contributed by atoms with Crippen LogP contribution in [0.5, 0.6) is 0 Å². The molecular weight excluding hydrogens is 210 g/mol. The van der Waals surface area contributed by atoms with Gasteiger partial charge in [0.15, 0.2) is 0 Å². The predicted molar refractivity (Wildman–Crippen MR) is 74.1 cm³/mol. The van der Waals surface area contributed by atoms with E-state index in [4.69, 9.17) is 0 Å². The molecule has 102 valence electrons. The molecule has 2 N–H and O–H groups in total. The number of hydrogen-bond acceptors (Lipinski definition) is 2. The summed E-state index contributed by atoms with van der Waals surface area (Å²) in [5, 5.41) is 13.3. The first-order valence-electron chi connectivity index (χ1n) is 7.15. The Balaban J connectivity index is 2.43. The molecule has 0 aromatic carbocycles. The Morgan fingerprint density at radius 3 is 2.18 bits per heavy atom. The smallest absolute Gasteiger partial charge is 0.0664 e. The highest BCUT2D eigenvalue weighted by atomic mass is 16.3. The summed E-state index contributed by atoms with van der Waals surface area (Å²) < 4.78 is 0. The maximum absolute atomic E-state index is 9.78. The van der Waals surface area contributed by atoms with E-state index in [0.717, 1.165) is 19.4 Å². The van der Waals surface area contributed by atoms with Crippen LogP contribution in [0.3, 0.4) is 0 Å². The Morgan fingerprint density at radius 2 is 1.71 bits per heavy atom. The molecule has 1 saturated carbocycles. The zero-order valence-corrected chi connectivity index (χ0v) is 12.3. The second kappa shape index (κ2) is 5.71. The van der Waals surface area contributed by atoms with Crippen molar-refractivity contribution < 1.29 is 5.11 Å². The van der Waals surface area contributed by atoms with Crippen LogP contribution < -0.4 is 5.32 Å². The van der Waals surface area contributed by atoms with Crippen LogP contribution in [0.4, 0.5) is 0 Å². The van der Waals surface area contributed by atoms with Crippen molar-refractivity contribution in [2.75, 3.05) is 6.54 Å². The van der Waals surface area contributed by atoms with Crippen molar-refractivity contribution in [1.82, 2.24) is 5.32 Å². The molecule has 0 saturated heterocycles. The van der Waals surface area contributed by atoms with Crippen molar-refractivity contribution in [3.8, 4) is 0 Å². The first-order chi connectivity index (χ1) is 7.74. The summed E-state index contributed by atoms with van der Waals surface area (Å²) in [7, 11) is 0. The average Bonchev–Trinajstić information content (AvgIpc) is 2.10. The molecular formula is C15H31NO. The van der Waals surface area contributed by atoms with Gasteiger partial charge in [-0.2, -0.15) is 0 Å². The Kier molecular flexibility index (Phi) is 5.03. The van der Waals surface area contributed by atoms with Crippen molar-refractivity contribution in [2.45, 2.75) is 78.9 Å². The second-order valence-corrected chi connectivity index (χ2v) is 7.46. The van der Waals surface area contributed by atoms with E-state index in [1.165, 1.54) is 19.3 Å². The normalized spacial score (nSPS) is 25.8. The van der Waals surface area contributed by atoms with E-state index in [1.807, 2.05) is 0 Å². The summed E-state index contributed by atoms with van der Waals surface area (Å²) in [5.41, 5.74) is 0.851. The van der Waals surface area contributed by atoms with Crippen molar-refractivity contribution in [1.29, 1.82) is 0 Å². The standard InChI is InChI=1S/C15H31NO/c1-6-7-13(17)10-16-12-8-14(2,3)11-15(4,5)9-12/h12-13,16-17H,6-11H2,1-5H3. The molecule has 1 aliphatic carbocycles. The Morgan fingerprint density at radius 1 is 1.18 bits per heavy atom. The van der Waals surface area contributed by atoms with Crippen LogP contribution in [-0.4, -0.2) is 23.8 Å². The van der Waals surface area contributed by atoms with Gasteiger partial charge in [-0.3, -0.25) is 0 Å². The lowest BCUT2D eigenvalue weighted by Crippen LogP contribution is -2.45. The Hall–Kier alpha value is -0.0800. The van der Waals surface area contributed by atoms with E-state index >= 15 is 0 Å². The van der Waals surface area contributed by atoms with Gasteiger partial charge < -0.3 is 10.4 Å². The molecule has 0 amide bonds. The molecule has 0 heterocycles. The summed E-state index contributed by atoms with van der Waals surface area (Å²) >= 11 is 0. The third kappa shape index (κ3) is 5.39. The quantitative estimate of drug-likeness (QED) is 0.773. The fraction of sp³-hybridized carbons (Fsp3) is 1.00. The molecule has 1 unspecified atom stereocenters. The van der Waals surface area contributed by atoms with Gasteiger partial charge in [0.2, 0.25) is 0 Å². The van der Waals surface area contributed by atoms with E-state index in [9.17, 15) is 5.11 Å². The molecule has 17 heavy (non-hydrogen) atoms. The summed E-state index contributed by atoms with van der Waals surface area (Å²) in [6, 6.07) is 0.570. The van der Waals surface area contributed by atoms with Gasteiger partial charge in [-0.25, -0.2) is 0 Å². The zero-order chi connectivity index (χ0) is 13.1. The fourth-order valence-electron chi connectivity index (χ4n) is 3.73. The maximum Gasteiger partial charge on any atom is 0.0664 e. The lowest BCUT2D eigenvalue weighted by atomic mass is 9.63. The van der Waals surface area contributed by atoms with E-state index in [0.29, 0.717) is 16.9 Å². The summed E-state index contributed by atoms with van der Waals surface area (Å²) in [4.78, 5) is 0. The Labute approximate surface area is 107 Å². The van der Waals surface area contributed by atoms with Gasteiger partial charge in [0, 0.05) is 12.6 Å². The van der Waals surface area contributed by atoms with Crippen molar-refractivity contribution in [2.24, 2.45) is 10.8 Å². The number of hydrogen-bond donors (Lipinski definition) is 2. The predicted octanol–water partition coefficient (Wildman–Crippen LogP) is 3.34. The van der Waals surface area contributed by atoms with Crippen LogP contribution in [0, 0.1) is 10.8 Å². The van der Waals surface area contributed by atoms with E-state index in [2.05, 4.69) is 39.9 Å². The van der Waals surface area contributed by atoms with Crippen LogP contribution >= 0.6 is 0 Å². The average molecular weight is 241 g/mol. The highest BCUT2D eigenvalue weighted by Gasteiger charge is 2.38. The number of aliphatic hydroxyl groups is 1. The summed E-state index contributed by atoms with van der Waals surface area (Å²) in [6.45, 7) is 12.3. The number of nitrogens with one attached hydrogen (secondary N) is 1. The van der Waals surface area contributed by atoms with Crippen LogP contribution in [0.1, 0.15) is 66.7 Å². The molecule has 1 aliphatic rings. The van der Waals surface area contributed by atoms with Gasteiger partial charge in [-0.15, -0.1) is 0 Å². The second-order valence-electron chi connectivity index (χ2n) is 7.46. The van der Waals surface area contributed by atoms with E-state index in [1.54, 1.807) is 0 Å². The number of aliphatic hydroxyl groups excluding tert-OH is 1. The van der Waals surface area contributed by atoms with Gasteiger partial charge in [-0.05, 0) is 36.5 Å². The van der Waals surface area contributed by atoms with E-state index in [-0.39, 0.29) is 6.10 Å². The molecule has 0 aliphatic heterocycles. The molecule has 1 fully saturated rings. The van der Waals surface area contributed by atoms with Crippen molar-refractivity contribution in [3.05, 3.63) is 0 Å². The highest BCUT2D eigenvalue weighted by Crippen LogP contribution is 2.45. The summed E-state index contributed by atoms with van der Waals surface area (Å²) in [6.07, 6.45) is 5.56. The lowest BCUT2D eigenvalue weighted by Gasteiger charge is -2.45. The zero-order valence-electron chi connectivity index (χ0n) is 12.3. The molecule has 0 radical (unpaired) electrons. The van der Waals surface area contributed by atoms with Crippen molar-refractivity contribution >= 4 is 0 Å². The van der Waals surface area contributed by atoms with Gasteiger partial charge in [0.25, 0.3) is 0 Å². The molecule has 0 spiro atoms. The number of rotatable bonds is 5. The topological polar surface area (TPSA) is 32.3 Å². The van der Waals surface area contributed by atoms with Crippen LogP contribution in [0.2, 0.25) is 0 Å². The summed E-state index contributed by atoms with van der Waals surface area (Å²) in [5.74, 6) is 0. The Bertz CT molecular complexity index is 219. The van der Waals surface area contributed by atoms with Gasteiger partial charge in [0.05, 0.1) is 6.10 Å². The SMILES string of the molecule is CCCC(O)CNC1CC(C)(C)CC(C)(C)C1. The lowest BCUT2D eigenvalue weighted by molar-refractivity contribution is 0.0749. The van der Waals surface area contributed by atoms with Crippen LogP contribution in [0.25, 0.3) is 0 Å². The van der Waals surface area contributed by atoms with Gasteiger partial charge in [0.1, 0.15) is 0 Å². The van der Waals surface area contributed by atoms with Crippen molar-refractivity contribution in [3.63, 3.8) is 0 Å². The molecule has 2 nitrogen and oxygen atoms in total. The van der Waals surface area contributed by atoms with E-state index < -0.39 is 0 Å². The minimum absolute atomic E-state index is 0.173. The first-order valence-corrected chi connectivity index (χ1v) is 7.15. The third-order valence-corrected chi connectivity index (χ3v) is 3.82. The first kappa shape index (κ1) is 15.0. The molecule has 1 atom stereocenters. The highest BCUT2D eigenvalue weighted by molar-refractivity contribution is 4.92.